The lowest BCUT2D eigenvalue weighted by Gasteiger charge is -2.22. The number of halogens is 4. The largest absolute Gasteiger partial charge is 0.417 e. The van der Waals surface area contributed by atoms with Crippen molar-refractivity contribution in [1.82, 2.24) is 9.29 Å². The zero-order valence-electron chi connectivity index (χ0n) is 19.3. The van der Waals surface area contributed by atoms with E-state index >= 15 is 4.39 Å². The van der Waals surface area contributed by atoms with Gasteiger partial charge in [-0.2, -0.15) is 18.4 Å². The molecule has 1 saturated carbocycles. The first-order chi connectivity index (χ1) is 16.3. The van der Waals surface area contributed by atoms with Crippen LogP contribution in [-0.2, 0) is 29.3 Å². The van der Waals surface area contributed by atoms with Gasteiger partial charge in [0, 0.05) is 42.2 Å². The van der Waals surface area contributed by atoms with Gasteiger partial charge in [0.2, 0.25) is 10.0 Å². The van der Waals surface area contributed by atoms with Crippen molar-refractivity contribution in [3.8, 4) is 17.2 Å². The summed E-state index contributed by atoms with van der Waals surface area (Å²) in [5.41, 5.74) is -0.938. The van der Waals surface area contributed by atoms with Crippen LogP contribution in [0.4, 0.5) is 17.6 Å². The number of aromatic nitrogens is 1. The fraction of sp³-hybridized carbons (Fsp3) is 0.400. The summed E-state index contributed by atoms with van der Waals surface area (Å²) < 4.78 is 85.1. The van der Waals surface area contributed by atoms with Crippen molar-refractivity contribution in [3.05, 3.63) is 59.5 Å². The number of nitrogens with zero attached hydrogens (tertiary/aromatic N) is 2. The van der Waals surface area contributed by atoms with E-state index in [2.05, 4.69) is 10.8 Å². The second kappa shape index (κ2) is 8.95. The predicted octanol–water partition coefficient (Wildman–Crippen LogP) is 5.99. The van der Waals surface area contributed by atoms with Gasteiger partial charge >= 0.3 is 6.18 Å². The molecule has 1 aliphatic carbocycles. The van der Waals surface area contributed by atoms with Crippen LogP contribution < -0.4 is 4.72 Å². The Morgan fingerprint density at radius 2 is 1.83 bits per heavy atom. The number of benzene rings is 2. The summed E-state index contributed by atoms with van der Waals surface area (Å²) in [6.45, 7) is 4.01. The lowest BCUT2D eigenvalue weighted by molar-refractivity contribution is -0.137. The van der Waals surface area contributed by atoms with Gasteiger partial charge in [-0.25, -0.2) is 17.5 Å². The van der Waals surface area contributed by atoms with Gasteiger partial charge in [-0.1, -0.05) is 32.0 Å². The SMILES string of the molecule is CC(C)(CC#N)Cn1cc(CNS(=O)(=O)C2CC2)c2cc(F)c(-c3ccccc3C(F)(F)F)cc21. The molecule has 3 aromatic rings. The van der Waals surface area contributed by atoms with Crippen molar-refractivity contribution < 1.29 is 26.0 Å². The van der Waals surface area contributed by atoms with Crippen LogP contribution in [0, 0.1) is 22.6 Å². The maximum atomic E-state index is 15.3. The first-order valence-corrected chi connectivity index (χ1v) is 12.7. The Morgan fingerprint density at radius 3 is 2.46 bits per heavy atom. The molecular weight excluding hydrogens is 482 g/mol. The van der Waals surface area contributed by atoms with E-state index in [-0.39, 0.29) is 24.1 Å². The Bertz CT molecular complexity index is 1410. The Kier molecular flexibility index (Phi) is 6.45. The summed E-state index contributed by atoms with van der Waals surface area (Å²) in [6.07, 6.45) is -1.58. The summed E-state index contributed by atoms with van der Waals surface area (Å²) in [5, 5.41) is 9.16. The summed E-state index contributed by atoms with van der Waals surface area (Å²) in [7, 11) is -3.49. The van der Waals surface area contributed by atoms with Crippen LogP contribution in [0.2, 0.25) is 0 Å². The van der Waals surface area contributed by atoms with E-state index in [0.29, 0.717) is 35.9 Å². The number of hydrogen-bond acceptors (Lipinski definition) is 3. The van der Waals surface area contributed by atoms with Crippen LogP contribution >= 0.6 is 0 Å². The Morgan fingerprint density at radius 1 is 1.14 bits per heavy atom. The third-order valence-electron chi connectivity index (χ3n) is 6.16. The second-order valence-corrected chi connectivity index (χ2v) is 11.8. The maximum absolute atomic E-state index is 15.3. The first kappa shape index (κ1) is 25.2. The first-order valence-electron chi connectivity index (χ1n) is 11.2. The maximum Gasteiger partial charge on any atom is 0.417 e. The van der Waals surface area contributed by atoms with E-state index in [4.69, 9.17) is 0 Å². The fourth-order valence-corrected chi connectivity index (χ4v) is 5.58. The average Bonchev–Trinajstić information content (AvgIpc) is 3.57. The van der Waals surface area contributed by atoms with Gasteiger partial charge < -0.3 is 4.57 Å². The molecule has 4 rings (SSSR count). The molecule has 0 atom stereocenters. The van der Waals surface area contributed by atoms with Crippen molar-refractivity contribution in [3.63, 3.8) is 0 Å². The normalized spacial score (nSPS) is 14.9. The van der Waals surface area contributed by atoms with Gasteiger partial charge in [-0.15, -0.1) is 0 Å². The number of fused-ring (bicyclic) bond motifs is 1. The van der Waals surface area contributed by atoms with E-state index in [1.165, 1.54) is 24.3 Å². The number of sulfonamides is 1. The molecule has 5 nitrogen and oxygen atoms in total. The lowest BCUT2D eigenvalue weighted by Crippen LogP contribution is -2.26. The molecule has 0 amide bonds. The van der Waals surface area contributed by atoms with E-state index in [9.17, 15) is 26.9 Å². The summed E-state index contributed by atoms with van der Waals surface area (Å²) in [5.74, 6) is -0.838. The highest BCUT2D eigenvalue weighted by molar-refractivity contribution is 7.90. The molecule has 0 radical (unpaired) electrons. The fourth-order valence-electron chi connectivity index (χ4n) is 4.23. The van der Waals surface area contributed by atoms with Gasteiger partial charge in [0.1, 0.15) is 5.82 Å². The second-order valence-electron chi connectivity index (χ2n) is 9.74. The van der Waals surface area contributed by atoms with Crippen molar-refractivity contribution in [2.75, 3.05) is 0 Å². The quantitative estimate of drug-likeness (QED) is 0.381. The summed E-state index contributed by atoms with van der Waals surface area (Å²) >= 11 is 0. The van der Waals surface area contributed by atoms with Crippen LogP contribution in [0.15, 0.2) is 42.6 Å². The molecule has 0 unspecified atom stereocenters. The molecule has 1 fully saturated rings. The van der Waals surface area contributed by atoms with Crippen LogP contribution in [0.1, 0.15) is 44.2 Å². The lowest BCUT2D eigenvalue weighted by atomic mass is 9.90. The number of alkyl halides is 3. The molecule has 2 aromatic carbocycles. The van der Waals surface area contributed by atoms with Crippen molar-refractivity contribution >= 4 is 20.9 Å². The van der Waals surface area contributed by atoms with E-state index in [1.54, 1.807) is 10.8 Å². The molecule has 186 valence electrons. The third kappa shape index (κ3) is 5.36. The highest BCUT2D eigenvalue weighted by Crippen LogP contribution is 2.40. The highest BCUT2D eigenvalue weighted by atomic mass is 32.2. The molecule has 0 bridgehead atoms. The van der Waals surface area contributed by atoms with E-state index in [0.717, 1.165) is 12.1 Å². The Labute approximate surface area is 201 Å². The number of rotatable bonds is 8. The van der Waals surface area contributed by atoms with Crippen LogP contribution in [0.5, 0.6) is 0 Å². The molecule has 35 heavy (non-hydrogen) atoms. The van der Waals surface area contributed by atoms with Crippen molar-refractivity contribution in [2.24, 2.45) is 5.41 Å². The van der Waals surface area contributed by atoms with Crippen LogP contribution in [-0.4, -0.2) is 18.2 Å². The molecule has 0 saturated heterocycles. The molecule has 1 aliphatic rings. The Balaban J connectivity index is 1.85. The summed E-state index contributed by atoms with van der Waals surface area (Å²) in [6, 6.07) is 9.46. The van der Waals surface area contributed by atoms with Gasteiger partial charge in [0.25, 0.3) is 0 Å². The van der Waals surface area contributed by atoms with Gasteiger partial charge in [-0.05, 0) is 47.6 Å². The predicted molar refractivity (Wildman–Crippen MR) is 125 cm³/mol. The van der Waals surface area contributed by atoms with Crippen molar-refractivity contribution in [2.45, 2.75) is 57.6 Å². The van der Waals surface area contributed by atoms with Crippen LogP contribution in [0.25, 0.3) is 22.0 Å². The third-order valence-corrected chi connectivity index (χ3v) is 8.05. The van der Waals surface area contributed by atoms with Crippen LogP contribution in [0.3, 0.4) is 0 Å². The molecule has 0 aliphatic heterocycles. The van der Waals surface area contributed by atoms with E-state index in [1.807, 2.05) is 13.8 Å². The molecule has 1 heterocycles. The Hall–Kier alpha value is -2.90. The highest BCUT2D eigenvalue weighted by Gasteiger charge is 2.36. The van der Waals surface area contributed by atoms with E-state index < -0.39 is 38.2 Å². The average molecular weight is 508 g/mol. The smallest absolute Gasteiger partial charge is 0.347 e. The minimum Gasteiger partial charge on any atom is -0.347 e. The number of nitrogens with one attached hydrogen (secondary N) is 1. The van der Waals surface area contributed by atoms with Gasteiger partial charge in [0.05, 0.1) is 16.9 Å². The van der Waals surface area contributed by atoms with Crippen molar-refractivity contribution in [1.29, 1.82) is 5.26 Å². The number of nitriles is 1. The molecular formula is C25H25F4N3O2S. The molecule has 0 spiro atoms. The molecule has 1 N–H and O–H groups in total. The summed E-state index contributed by atoms with van der Waals surface area (Å²) in [4.78, 5) is 0. The van der Waals surface area contributed by atoms with Gasteiger partial charge in [-0.3, -0.25) is 0 Å². The standard InChI is InChI=1S/C25H25F4N3O2S/c1-24(2,9-10-30)15-32-14-16(13-31-35(33,34)17-7-8-17)19-11-22(26)20(12-23(19)32)18-5-3-4-6-21(18)25(27,28)29/h3-6,11-12,14,17,31H,7-9,13,15H2,1-2H3. The van der Waals surface area contributed by atoms with Gasteiger partial charge in [0.15, 0.2) is 0 Å². The molecule has 10 heteroatoms. The zero-order chi connectivity index (χ0) is 25.6. The molecule has 1 aromatic heterocycles. The number of hydrogen-bond donors (Lipinski definition) is 1. The topological polar surface area (TPSA) is 74.9 Å². The minimum absolute atomic E-state index is 0.0705. The minimum atomic E-state index is -4.67. The zero-order valence-corrected chi connectivity index (χ0v) is 20.1. The monoisotopic (exact) mass is 507 g/mol.